The summed E-state index contributed by atoms with van der Waals surface area (Å²) in [6.45, 7) is 5.88. The Kier molecular flexibility index (Phi) is 3.19. The number of halogens is 1. The van der Waals surface area contributed by atoms with Gasteiger partial charge in [0, 0.05) is 5.69 Å². The summed E-state index contributed by atoms with van der Waals surface area (Å²) in [5, 5.41) is 7.94. The number of nitrogens with one attached hydrogen (secondary N) is 1. The van der Waals surface area contributed by atoms with Gasteiger partial charge in [0.15, 0.2) is 5.65 Å². The molecule has 13 heavy (non-hydrogen) atoms. The van der Waals surface area contributed by atoms with Crippen molar-refractivity contribution in [3.05, 3.63) is 17.2 Å². The lowest BCUT2D eigenvalue weighted by molar-refractivity contribution is 1.05. The highest BCUT2D eigenvalue weighted by molar-refractivity contribution is 6.34. The van der Waals surface area contributed by atoms with E-state index < -0.39 is 0 Å². The fourth-order valence-electron chi connectivity index (χ4n) is 0.956. The topological polar surface area (TPSA) is 54.5 Å². The van der Waals surface area contributed by atoms with E-state index in [1.807, 2.05) is 20.8 Å². The molecule has 0 saturated carbocycles. The van der Waals surface area contributed by atoms with Crippen LogP contribution in [0.5, 0.6) is 0 Å². The summed E-state index contributed by atoms with van der Waals surface area (Å²) in [6.07, 6.45) is 1.39. The van der Waals surface area contributed by atoms with Crippen LogP contribution < -0.4 is 0 Å². The highest BCUT2D eigenvalue weighted by atomic mass is 35.5. The second kappa shape index (κ2) is 4.18. The Hall–Kier alpha value is -1.16. The number of rotatable bonds is 0. The number of fused-ring (bicyclic) bond motifs is 1. The van der Waals surface area contributed by atoms with Crippen molar-refractivity contribution in [2.24, 2.45) is 0 Å². The van der Waals surface area contributed by atoms with E-state index in [-0.39, 0.29) is 0 Å². The van der Waals surface area contributed by atoms with Crippen LogP contribution >= 0.6 is 11.6 Å². The lowest BCUT2D eigenvalue weighted by Crippen LogP contribution is -1.80. The molecule has 0 saturated heterocycles. The Balaban J connectivity index is 0.000000396. The van der Waals surface area contributed by atoms with E-state index in [0.717, 1.165) is 11.1 Å². The molecular formula is C8H11ClN4. The van der Waals surface area contributed by atoms with Crippen molar-refractivity contribution < 1.29 is 0 Å². The predicted molar refractivity (Wildman–Crippen MR) is 52.8 cm³/mol. The van der Waals surface area contributed by atoms with E-state index >= 15 is 0 Å². The molecule has 0 fully saturated rings. The molecule has 4 nitrogen and oxygen atoms in total. The monoisotopic (exact) mass is 198 g/mol. The minimum absolute atomic E-state index is 0.446. The Morgan fingerprint density at radius 1 is 1.31 bits per heavy atom. The maximum atomic E-state index is 5.79. The van der Waals surface area contributed by atoms with E-state index in [4.69, 9.17) is 11.6 Å². The summed E-state index contributed by atoms with van der Waals surface area (Å²) in [6, 6.07) is 0. The van der Waals surface area contributed by atoms with Crippen molar-refractivity contribution in [3.63, 3.8) is 0 Å². The lowest BCUT2D eigenvalue weighted by atomic mass is 10.3. The molecule has 2 rings (SSSR count). The second-order valence-corrected chi connectivity index (χ2v) is 2.57. The molecule has 5 heteroatoms. The van der Waals surface area contributed by atoms with Crippen LogP contribution in [0.4, 0.5) is 0 Å². The quantitative estimate of drug-likeness (QED) is 0.661. The standard InChI is InChI=1S/C6H5ClN4.C2H6/c1-3-4-5(7)8-2-9-6(4)11-10-3;1-2/h2H,1H3,(H,8,9,10,11);1-2H3. The van der Waals surface area contributed by atoms with Crippen LogP contribution in [0.25, 0.3) is 11.0 Å². The highest BCUT2D eigenvalue weighted by Crippen LogP contribution is 2.19. The van der Waals surface area contributed by atoms with Gasteiger partial charge in [-0.15, -0.1) is 0 Å². The van der Waals surface area contributed by atoms with Gasteiger partial charge in [-0.05, 0) is 6.92 Å². The van der Waals surface area contributed by atoms with Gasteiger partial charge in [-0.2, -0.15) is 5.10 Å². The van der Waals surface area contributed by atoms with Crippen LogP contribution in [-0.2, 0) is 0 Å². The van der Waals surface area contributed by atoms with Crippen LogP contribution in [-0.4, -0.2) is 20.2 Å². The van der Waals surface area contributed by atoms with Gasteiger partial charge in [0.25, 0.3) is 0 Å². The zero-order chi connectivity index (χ0) is 9.84. The third kappa shape index (κ3) is 1.78. The van der Waals surface area contributed by atoms with Crippen molar-refractivity contribution in [3.8, 4) is 0 Å². The Morgan fingerprint density at radius 3 is 2.62 bits per heavy atom. The van der Waals surface area contributed by atoms with Crippen LogP contribution in [0.2, 0.25) is 5.15 Å². The average Bonchev–Trinajstić information content (AvgIpc) is 2.53. The SMILES string of the molecule is CC.Cc1[nH]nc2ncnc(Cl)c12. The van der Waals surface area contributed by atoms with Crippen molar-refractivity contribution >= 4 is 22.6 Å². The average molecular weight is 199 g/mol. The minimum Gasteiger partial charge on any atom is -0.280 e. The third-order valence-corrected chi connectivity index (χ3v) is 1.77. The number of hydrogen-bond acceptors (Lipinski definition) is 3. The third-order valence-electron chi connectivity index (χ3n) is 1.49. The molecule has 0 aliphatic carbocycles. The van der Waals surface area contributed by atoms with Gasteiger partial charge in [-0.25, -0.2) is 9.97 Å². The van der Waals surface area contributed by atoms with E-state index in [9.17, 15) is 0 Å². The molecule has 2 aromatic heterocycles. The van der Waals surface area contributed by atoms with Crippen LogP contribution in [0.3, 0.4) is 0 Å². The summed E-state index contributed by atoms with van der Waals surface area (Å²) >= 11 is 5.79. The van der Waals surface area contributed by atoms with E-state index in [0.29, 0.717) is 10.8 Å². The molecule has 0 atom stereocenters. The summed E-state index contributed by atoms with van der Waals surface area (Å²) in [5.74, 6) is 0. The van der Waals surface area contributed by atoms with E-state index in [1.165, 1.54) is 6.33 Å². The fourth-order valence-corrected chi connectivity index (χ4v) is 1.23. The maximum Gasteiger partial charge on any atom is 0.185 e. The van der Waals surface area contributed by atoms with E-state index in [2.05, 4.69) is 20.2 Å². The summed E-state index contributed by atoms with van der Waals surface area (Å²) in [5.41, 5.74) is 1.51. The van der Waals surface area contributed by atoms with Gasteiger partial charge >= 0.3 is 0 Å². The number of aryl methyl sites for hydroxylation is 1. The van der Waals surface area contributed by atoms with Gasteiger partial charge < -0.3 is 0 Å². The summed E-state index contributed by atoms with van der Waals surface area (Å²) in [4.78, 5) is 7.76. The smallest absolute Gasteiger partial charge is 0.185 e. The Labute approximate surface area is 81.4 Å². The first-order chi connectivity index (χ1) is 6.29. The molecule has 70 valence electrons. The number of nitrogens with zero attached hydrogens (tertiary/aromatic N) is 3. The molecule has 0 aliphatic rings. The van der Waals surface area contributed by atoms with Crippen molar-refractivity contribution in [1.82, 2.24) is 20.2 Å². The lowest BCUT2D eigenvalue weighted by Gasteiger charge is -1.89. The number of aromatic nitrogens is 4. The molecule has 1 N–H and O–H groups in total. The fraction of sp³-hybridized carbons (Fsp3) is 0.375. The van der Waals surface area contributed by atoms with Gasteiger partial charge in [0.2, 0.25) is 0 Å². The molecule has 0 aromatic carbocycles. The molecule has 0 spiro atoms. The van der Waals surface area contributed by atoms with Crippen molar-refractivity contribution in [1.29, 1.82) is 0 Å². The van der Waals surface area contributed by atoms with Gasteiger partial charge in [0.05, 0.1) is 5.39 Å². The number of hydrogen-bond donors (Lipinski definition) is 1. The van der Waals surface area contributed by atoms with E-state index in [1.54, 1.807) is 0 Å². The zero-order valence-electron chi connectivity index (χ0n) is 7.80. The van der Waals surface area contributed by atoms with Crippen molar-refractivity contribution in [2.45, 2.75) is 20.8 Å². The number of aromatic amines is 1. The molecule has 0 bridgehead atoms. The normalized spacial score (nSPS) is 9.54. The summed E-state index contributed by atoms with van der Waals surface area (Å²) < 4.78 is 0. The number of H-pyrrole nitrogens is 1. The largest absolute Gasteiger partial charge is 0.280 e. The summed E-state index contributed by atoms with van der Waals surface area (Å²) in [7, 11) is 0. The first-order valence-corrected chi connectivity index (χ1v) is 4.48. The minimum atomic E-state index is 0.446. The molecular weight excluding hydrogens is 188 g/mol. The molecule has 0 unspecified atom stereocenters. The Morgan fingerprint density at radius 2 is 2.00 bits per heavy atom. The molecule has 2 aromatic rings. The first-order valence-electron chi connectivity index (χ1n) is 4.10. The van der Waals surface area contributed by atoms with Gasteiger partial charge in [-0.3, -0.25) is 5.10 Å². The maximum absolute atomic E-state index is 5.79. The zero-order valence-corrected chi connectivity index (χ0v) is 8.55. The molecule has 2 heterocycles. The van der Waals surface area contributed by atoms with Gasteiger partial charge in [0.1, 0.15) is 11.5 Å². The van der Waals surface area contributed by atoms with Gasteiger partial charge in [-0.1, -0.05) is 25.4 Å². The van der Waals surface area contributed by atoms with Crippen LogP contribution in [0, 0.1) is 6.92 Å². The Bertz CT molecular complexity index is 396. The van der Waals surface area contributed by atoms with Crippen LogP contribution in [0.1, 0.15) is 19.5 Å². The first kappa shape index (κ1) is 9.92. The molecule has 0 amide bonds. The molecule has 0 aliphatic heterocycles. The van der Waals surface area contributed by atoms with Crippen molar-refractivity contribution in [2.75, 3.05) is 0 Å². The van der Waals surface area contributed by atoms with Crippen LogP contribution in [0.15, 0.2) is 6.33 Å². The molecule has 0 radical (unpaired) electrons. The second-order valence-electron chi connectivity index (χ2n) is 2.21. The highest BCUT2D eigenvalue weighted by Gasteiger charge is 2.05. The predicted octanol–water partition coefficient (Wildman–Crippen LogP) is 2.34.